The summed E-state index contributed by atoms with van der Waals surface area (Å²) < 4.78 is 12.5. The molecule has 44 heavy (non-hydrogen) atoms. The molecule has 4 nitrogen and oxygen atoms in total. The Morgan fingerprint density at radius 3 is 1.68 bits per heavy atom. The van der Waals surface area contributed by atoms with Gasteiger partial charge in [-0.1, -0.05) is 91.0 Å². The van der Waals surface area contributed by atoms with Gasteiger partial charge in [0.05, 0.1) is 11.4 Å². The number of aromatic nitrogens is 2. The summed E-state index contributed by atoms with van der Waals surface area (Å²) in [6.45, 7) is 0. The highest BCUT2D eigenvalue weighted by Gasteiger charge is 2.17. The number of hydrogen-bond donors (Lipinski definition) is 0. The van der Waals surface area contributed by atoms with Crippen molar-refractivity contribution < 1.29 is 8.83 Å². The Morgan fingerprint density at radius 2 is 1.14 bits per heavy atom. The molecule has 1 atom stereocenters. The van der Waals surface area contributed by atoms with Gasteiger partial charge in [0.25, 0.3) is 0 Å². The van der Waals surface area contributed by atoms with E-state index in [1.54, 1.807) is 0 Å². The Morgan fingerprint density at radius 1 is 0.545 bits per heavy atom. The van der Waals surface area contributed by atoms with Crippen molar-refractivity contribution >= 4 is 49.5 Å². The topological polar surface area (TPSA) is 52.1 Å². The standard InChI is InChI=1S/C40H26N2O2/c1-3-13-37-29(7-1)31-9-5-11-33(39(31)43-37)35-21-19-27(23-41-35)25-15-17-26(18-16-25)28-20-22-36(42-24-28)34-12-6-10-32-30-8-2-4-14-38(30)44-40(32)34/h1-17,19-24,26H,18H2. The van der Waals surface area contributed by atoms with Crippen molar-refractivity contribution in [2.24, 2.45) is 0 Å². The number of allylic oxidation sites excluding steroid dienone is 4. The van der Waals surface area contributed by atoms with E-state index in [1.165, 1.54) is 11.1 Å². The molecule has 0 spiro atoms. The van der Waals surface area contributed by atoms with E-state index in [0.717, 1.165) is 78.4 Å². The Hall–Kier alpha value is -5.74. The van der Waals surface area contributed by atoms with Gasteiger partial charge in [-0.05, 0) is 59.5 Å². The van der Waals surface area contributed by atoms with Crippen molar-refractivity contribution in [1.29, 1.82) is 0 Å². The van der Waals surface area contributed by atoms with Crippen LogP contribution in [0.3, 0.4) is 0 Å². The second-order valence-corrected chi connectivity index (χ2v) is 11.3. The molecule has 4 aromatic heterocycles. The van der Waals surface area contributed by atoms with Crippen molar-refractivity contribution in [3.8, 4) is 22.5 Å². The molecule has 9 rings (SSSR count). The van der Waals surface area contributed by atoms with Gasteiger partial charge in [0.15, 0.2) is 0 Å². The first-order valence-corrected chi connectivity index (χ1v) is 14.9. The first-order valence-electron chi connectivity index (χ1n) is 14.9. The van der Waals surface area contributed by atoms with Crippen LogP contribution < -0.4 is 0 Å². The van der Waals surface area contributed by atoms with Gasteiger partial charge in [0, 0.05) is 51.0 Å². The molecule has 0 aliphatic heterocycles. The monoisotopic (exact) mass is 566 g/mol. The van der Waals surface area contributed by atoms with E-state index in [1.807, 2.05) is 48.8 Å². The van der Waals surface area contributed by atoms with E-state index in [9.17, 15) is 0 Å². The average molecular weight is 567 g/mol. The van der Waals surface area contributed by atoms with Crippen molar-refractivity contribution in [2.75, 3.05) is 0 Å². The first kappa shape index (κ1) is 24.8. The lowest BCUT2D eigenvalue weighted by Gasteiger charge is -2.17. The van der Waals surface area contributed by atoms with Crippen LogP contribution in [-0.2, 0) is 0 Å². The Bertz CT molecular complexity index is 2410. The summed E-state index contributed by atoms with van der Waals surface area (Å²) in [5.74, 6) is 0.278. The molecule has 0 saturated heterocycles. The largest absolute Gasteiger partial charge is 0.455 e. The van der Waals surface area contributed by atoms with Gasteiger partial charge in [-0.25, -0.2) is 0 Å². The van der Waals surface area contributed by atoms with Crippen molar-refractivity contribution in [3.63, 3.8) is 0 Å². The molecule has 208 valence electrons. The highest BCUT2D eigenvalue weighted by atomic mass is 16.3. The fourth-order valence-corrected chi connectivity index (χ4v) is 6.49. The number of fused-ring (bicyclic) bond motifs is 6. The molecule has 0 fully saturated rings. The van der Waals surface area contributed by atoms with E-state index >= 15 is 0 Å². The lowest BCUT2D eigenvalue weighted by atomic mass is 9.89. The zero-order valence-electron chi connectivity index (χ0n) is 23.8. The van der Waals surface area contributed by atoms with Crippen LogP contribution in [-0.4, -0.2) is 9.97 Å². The van der Waals surface area contributed by atoms with E-state index in [4.69, 9.17) is 18.8 Å². The maximum atomic E-state index is 6.23. The quantitative estimate of drug-likeness (QED) is 0.213. The molecule has 0 N–H and O–H groups in total. The van der Waals surface area contributed by atoms with Crippen LogP contribution >= 0.6 is 0 Å². The summed E-state index contributed by atoms with van der Waals surface area (Å²) in [4.78, 5) is 9.71. The summed E-state index contributed by atoms with van der Waals surface area (Å²) in [5, 5.41) is 4.48. The molecular formula is C40H26N2O2. The molecule has 8 aromatic rings. The van der Waals surface area contributed by atoms with E-state index < -0.39 is 0 Å². The average Bonchev–Trinajstić information content (AvgIpc) is 3.67. The third kappa shape index (κ3) is 3.99. The molecule has 0 radical (unpaired) electrons. The van der Waals surface area contributed by atoms with Crippen molar-refractivity contribution in [1.82, 2.24) is 9.97 Å². The lowest BCUT2D eigenvalue weighted by Crippen LogP contribution is -2.00. The van der Waals surface area contributed by atoms with Crippen LogP contribution in [0.2, 0.25) is 0 Å². The SMILES string of the molecule is C1=CC(c2ccc(-c3cccc4c3oc3ccccc34)nc2)CC=C1c1ccc(-c2cccc3c2oc2ccccc23)nc1. The molecule has 0 saturated carbocycles. The minimum atomic E-state index is 0.278. The van der Waals surface area contributed by atoms with Crippen molar-refractivity contribution in [3.05, 3.63) is 151 Å². The molecule has 4 heterocycles. The Labute approximate surface area is 253 Å². The number of furan rings is 2. The fourth-order valence-electron chi connectivity index (χ4n) is 6.49. The first-order chi connectivity index (χ1) is 21.8. The summed E-state index contributed by atoms with van der Waals surface area (Å²) in [6.07, 6.45) is 11.6. The van der Waals surface area contributed by atoms with Crippen LogP contribution in [0.4, 0.5) is 0 Å². The molecule has 4 heteroatoms. The zero-order valence-corrected chi connectivity index (χ0v) is 23.8. The molecule has 4 aromatic carbocycles. The normalized spacial score (nSPS) is 15.0. The van der Waals surface area contributed by atoms with Gasteiger partial charge < -0.3 is 8.83 Å². The second-order valence-electron chi connectivity index (χ2n) is 11.3. The second kappa shape index (κ2) is 9.92. The third-order valence-electron chi connectivity index (χ3n) is 8.77. The van der Waals surface area contributed by atoms with E-state index in [-0.39, 0.29) is 5.92 Å². The van der Waals surface area contributed by atoms with E-state index in [0.29, 0.717) is 0 Å². The van der Waals surface area contributed by atoms with Crippen LogP contribution in [0.25, 0.3) is 72.0 Å². The highest BCUT2D eigenvalue weighted by Crippen LogP contribution is 2.38. The van der Waals surface area contributed by atoms with Crippen LogP contribution in [0.5, 0.6) is 0 Å². The van der Waals surface area contributed by atoms with Gasteiger partial charge in [-0.2, -0.15) is 0 Å². The molecular weight excluding hydrogens is 540 g/mol. The van der Waals surface area contributed by atoms with Crippen LogP contribution in [0.15, 0.2) is 149 Å². The number of pyridine rings is 2. The van der Waals surface area contributed by atoms with Crippen LogP contribution in [0.1, 0.15) is 23.5 Å². The number of nitrogens with zero attached hydrogens (tertiary/aromatic N) is 2. The van der Waals surface area contributed by atoms with Gasteiger partial charge >= 0.3 is 0 Å². The highest BCUT2D eigenvalue weighted by molar-refractivity contribution is 6.10. The lowest BCUT2D eigenvalue weighted by molar-refractivity contribution is 0.669. The maximum absolute atomic E-state index is 6.23. The maximum Gasteiger partial charge on any atom is 0.144 e. The minimum absolute atomic E-state index is 0.278. The fraction of sp³-hybridized carbons (Fsp3) is 0.0500. The van der Waals surface area contributed by atoms with Gasteiger partial charge in [0.1, 0.15) is 22.3 Å². The molecule has 1 aliphatic carbocycles. The smallest absolute Gasteiger partial charge is 0.144 e. The predicted octanol–water partition coefficient (Wildman–Crippen LogP) is 10.7. The molecule has 0 amide bonds. The molecule has 1 aliphatic rings. The van der Waals surface area contributed by atoms with Crippen molar-refractivity contribution in [2.45, 2.75) is 12.3 Å². The van der Waals surface area contributed by atoms with Crippen LogP contribution in [0, 0.1) is 0 Å². The van der Waals surface area contributed by atoms with Gasteiger partial charge in [-0.15, -0.1) is 0 Å². The summed E-state index contributed by atoms with van der Waals surface area (Å²) in [6, 6.07) is 37.4. The third-order valence-corrected chi connectivity index (χ3v) is 8.77. The summed E-state index contributed by atoms with van der Waals surface area (Å²) in [5.41, 5.74) is 10.9. The minimum Gasteiger partial charge on any atom is -0.455 e. The Kier molecular flexibility index (Phi) is 5.60. The summed E-state index contributed by atoms with van der Waals surface area (Å²) >= 11 is 0. The number of para-hydroxylation sites is 4. The van der Waals surface area contributed by atoms with E-state index in [2.05, 4.69) is 91.0 Å². The number of hydrogen-bond acceptors (Lipinski definition) is 4. The van der Waals surface area contributed by atoms with Gasteiger partial charge in [0.2, 0.25) is 0 Å². The summed E-state index contributed by atoms with van der Waals surface area (Å²) in [7, 11) is 0. The zero-order chi connectivity index (χ0) is 29.0. The Balaban J connectivity index is 0.947. The van der Waals surface area contributed by atoms with Gasteiger partial charge in [-0.3, -0.25) is 9.97 Å². The predicted molar refractivity (Wildman–Crippen MR) is 178 cm³/mol. The number of benzene rings is 4. The number of rotatable bonds is 4. The molecule has 1 unspecified atom stereocenters. The molecule has 0 bridgehead atoms.